The van der Waals surface area contributed by atoms with Crippen LogP contribution in [0.15, 0.2) is 28.7 Å². The van der Waals surface area contributed by atoms with Crippen LogP contribution in [-0.2, 0) is 6.61 Å². The van der Waals surface area contributed by atoms with Gasteiger partial charge >= 0.3 is 0 Å². The lowest BCUT2D eigenvalue weighted by Crippen LogP contribution is -2.03. The molecule has 0 radical (unpaired) electrons. The molecule has 0 N–H and O–H groups in total. The van der Waals surface area contributed by atoms with Crippen LogP contribution in [0.2, 0.25) is 0 Å². The van der Waals surface area contributed by atoms with Gasteiger partial charge in [-0.05, 0) is 12.1 Å². The molecule has 0 aromatic heterocycles. The highest BCUT2D eigenvalue weighted by Crippen LogP contribution is 2.36. The third-order valence-corrected chi connectivity index (χ3v) is 4.05. The maximum Gasteiger partial charge on any atom is 0.157 e. The highest BCUT2D eigenvalue weighted by molar-refractivity contribution is 9.10. The molecular formula is C18H19BrO6. The molecule has 2 aromatic rings. The van der Waals surface area contributed by atoms with Gasteiger partial charge in [0.15, 0.2) is 6.29 Å². The molecule has 0 spiro atoms. The molecule has 0 aliphatic heterocycles. The van der Waals surface area contributed by atoms with Gasteiger partial charge in [-0.15, -0.1) is 0 Å². The lowest BCUT2D eigenvalue weighted by atomic mass is 10.1. The number of aldehydes is 1. The van der Waals surface area contributed by atoms with Gasteiger partial charge in [0, 0.05) is 16.6 Å². The summed E-state index contributed by atoms with van der Waals surface area (Å²) in [6.07, 6.45) is 0.683. The number of rotatable bonds is 8. The van der Waals surface area contributed by atoms with Crippen molar-refractivity contribution < 1.29 is 28.5 Å². The predicted octanol–water partition coefficient (Wildman–Crippen LogP) is 3.88. The van der Waals surface area contributed by atoms with Crippen LogP contribution in [0.4, 0.5) is 0 Å². The minimum atomic E-state index is 0.201. The Hall–Kier alpha value is -2.41. The average molecular weight is 411 g/mol. The third-order valence-electron chi connectivity index (χ3n) is 3.59. The van der Waals surface area contributed by atoms with Gasteiger partial charge in [-0.25, -0.2) is 0 Å². The Balaban J connectivity index is 2.35. The number of hydrogen-bond acceptors (Lipinski definition) is 6. The maximum atomic E-state index is 11.2. The fourth-order valence-corrected chi connectivity index (χ4v) is 2.78. The Bertz CT molecular complexity index is 709. The fraction of sp³-hybridized carbons (Fsp3) is 0.278. The summed E-state index contributed by atoms with van der Waals surface area (Å²) in [6, 6.07) is 6.92. The van der Waals surface area contributed by atoms with Crippen LogP contribution in [0.5, 0.6) is 28.7 Å². The summed E-state index contributed by atoms with van der Waals surface area (Å²) in [7, 11) is 6.12. The maximum absolute atomic E-state index is 11.2. The van der Waals surface area contributed by atoms with Gasteiger partial charge in [0.05, 0.1) is 39.6 Å². The lowest BCUT2D eigenvalue weighted by Gasteiger charge is -2.16. The van der Waals surface area contributed by atoms with Crippen LogP contribution in [0.1, 0.15) is 15.9 Å². The molecule has 0 amide bonds. The van der Waals surface area contributed by atoms with Gasteiger partial charge in [-0.3, -0.25) is 4.79 Å². The zero-order valence-corrected chi connectivity index (χ0v) is 16.0. The number of carbonyl (C=O) groups excluding carboxylic acids is 1. The van der Waals surface area contributed by atoms with Crippen LogP contribution >= 0.6 is 15.9 Å². The minimum Gasteiger partial charge on any atom is -0.496 e. The number of benzene rings is 2. The molecule has 0 saturated carbocycles. The summed E-state index contributed by atoms with van der Waals surface area (Å²) in [6.45, 7) is 0.201. The number of carbonyl (C=O) groups is 1. The molecule has 25 heavy (non-hydrogen) atoms. The van der Waals surface area contributed by atoms with E-state index in [1.165, 1.54) is 14.2 Å². The van der Waals surface area contributed by atoms with E-state index < -0.39 is 0 Å². The highest BCUT2D eigenvalue weighted by atomic mass is 79.9. The standard InChI is InChI=1S/C18H19BrO6/c1-21-15-5-11(19)6-16(22-2)14(15)10-25-12-7-17(23-3)13(9-20)18(8-12)24-4/h5-9H,10H2,1-4H3. The van der Waals surface area contributed by atoms with E-state index in [0.717, 1.165) is 10.0 Å². The van der Waals surface area contributed by atoms with Gasteiger partial charge in [0.25, 0.3) is 0 Å². The smallest absolute Gasteiger partial charge is 0.157 e. The molecule has 0 unspecified atom stereocenters. The van der Waals surface area contributed by atoms with Gasteiger partial charge in [0.2, 0.25) is 0 Å². The van der Waals surface area contributed by atoms with Gasteiger partial charge in [0.1, 0.15) is 35.4 Å². The SMILES string of the molecule is COc1cc(OCc2c(OC)cc(Br)cc2OC)cc(OC)c1C=O. The first-order valence-electron chi connectivity index (χ1n) is 7.32. The number of hydrogen-bond donors (Lipinski definition) is 0. The summed E-state index contributed by atoms with van der Waals surface area (Å²) in [5.41, 5.74) is 1.08. The first kappa shape index (κ1) is 18.9. The molecule has 0 heterocycles. The Morgan fingerprint density at radius 3 is 1.72 bits per heavy atom. The molecule has 2 aromatic carbocycles. The minimum absolute atomic E-state index is 0.201. The van der Waals surface area contributed by atoms with Crippen molar-refractivity contribution in [3.63, 3.8) is 0 Å². The third kappa shape index (κ3) is 4.17. The number of ether oxygens (including phenoxy) is 5. The molecule has 0 bridgehead atoms. The zero-order chi connectivity index (χ0) is 18.4. The monoisotopic (exact) mass is 410 g/mol. The topological polar surface area (TPSA) is 63.2 Å². The van der Waals surface area contributed by atoms with Crippen molar-refractivity contribution in [2.75, 3.05) is 28.4 Å². The second-order valence-electron chi connectivity index (χ2n) is 4.94. The van der Waals surface area contributed by atoms with Crippen LogP contribution in [0.25, 0.3) is 0 Å². The normalized spacial score (nSPS) is 10.1. The molecule has 134 valence electrons. The lowest BCUT2D eigenvalue weighted by molar-refractivity contribution is 0.111. The van der Waals surface area contributed by atoms with E-state index in [9.17, 15) is 4.79 Å². The summed E-state index contributed by atoms with van der Waals surface area (Å²) in [4.78, 5) is 11.2. The molecule has 6 nitrogen and oxygen atoms in total. The Morgan fingerprint density at radius 2 is 1.32 bits per heavy atom. The van der Waals surface area contributed by atoms with Gasteiger partial charge < -0.3 is 23.7 Å². The van der Waals surface area contributed by atoms with Gasteiger partial charge in [-0.1, -0.05) is 15.9 Å². The van der Waals surface area contributed by atoms with Gasteiger partial charge in [-0.2, -0.15) is 0 Å². The summed E-state index contributed by atoms with van der Waals surface area (Å²) >= 11 is 3.41. The molecule has 0 saturated heterocycles. The molecular weight excluding hydrogens is 392 g/mol. The fourth-order valence-electron chi connectivity index (χ4n) is 2.36. The highest BCUT2D eigenvalue weighted by Gasteiger charge is 2.16. The molecule has 0 atom stereocenters. The zero-order valence-electron chi connectivity index (χ0n) is 14.4. The summed E-state index contributed by atoms with van der Waals surface area (Å²) < 4.78 is 27.9. The van der Waals surface area contributed by atoms with E-state index in [2.05, 4.69) is 15.9 Å². The predicted molar refractivity (Wildman–Crippen MR) is 96.5 cm³/mol. The number of halogens is 1. The van der Waals surface area contributed by atoms with E-state index >= 15 is 0 Å². The molecule has 0 aliphatic carbocycles. The number of methoxy groups -OCH3 is 4. The molecule has 2 rings (SSSR count). The van der Waals surface area contributed by atoms with E-state index in [0.29, 0.717) is 40.6 Å². The van der Waals surface area contributed by atoms with Crippen LogP contribution < -0.4 is 23.7 Å². The largest absolute Gasteiger partial charge is 0.496 e. The Labute approximate surface area is 154 Å². The van der Waals surface area contributed by atoms with Crippen molar-refractivity contribution in [2.24, 2.45) is 0 Å². The van der Waals surface area contributed by atoms with E-state index in [-0.39, 0.29) is 6.61 Å². The van der Waals surface area contributed by atoms with Crippen LogP contribution in [-0.4, -0.2) is 34.7 Å². The Morgan fingerprint density at radius 1 is 0.840 bits per heavy atom. The first-order chi connectivity index (χ1) is 12.1. The Kier molecular flexibility index (Phi) is 6.52. The van der Waals surface area contributed by atoms with Crippen molar-refractivity contribution in [1.29, 1.82) is 0 Å². The average Bonchev–Trinajstić information content (AvgIpc) is 2.64. The van der Waals surface area contributed by atoms with E-state index in [1.807, 2.05) is 12.1 Å². The summed E-state index contributed by atoms with van der Waals surface area (Å²) in [5, 5.41) is 0. The van der Waals surface area contributed by atoms with Crippen molar-refractivity contribution in [3.8, 4) is 28.7 Å². The quantitative estimate of drug-likeness (QED) is 0.615. The van der Waals surface area contributed by atoms with Crippen LogP contribution in [0.3, 0.4) is 0 Å². The van der Waals surface area contributed by atoms with Crippen LogP contribution in [0, 0.1) is 0 Å². The summed E-state index contributed by atoms with van der Waals surface area (Å²) in [5.74, 6) is 2.51. The molecule has 0 aliphatic rings. The van der Waals surface area contributed by atoms with Crippen molar-refractivity contribution in [2.45, 2.75) is 6.61 Å². The van der Waals surface area contributed by atoms with Crippen molar-refractivity contribution >= 4 is 22.2 Å². The van der Waals surface area contributed by atoms with E-state index in [4.69, 9.17) is 23.7 Å². The second-order valence-corrected chi connectivity index (χ2v) is 5.85. The van der Waals surface area contributed by atoms with Crippen molar-refractivity contribution in [3.05, 3.63) is 39.9 Å². The molecule has 0 fully saturated rings. The molecule has 7 heteroatoms. The van der Waals surface area contributed by atoms with E-state index in [1.54, 1.807) is 26.4 Å². The van der Waals surface area contributed by atoms with Crippen molar-refractivity contribution in [1.82, 2.24) is 0 Å². The first-order valence-corrected chi connectivity index (χ1v) is 8.11. The second kappa shape index (κ2) is 8.62.